The van der Waals surface area contributed by atoms with Gasteiger partial charge in [-0.05, 0) is 24.8 Å². The molecule has 4 nitrogen and oxygen atoms in total. The Morgan fingerprint density at radius 2 is 1.75 bits per heavy atom. The van der Waals surface area contributed by atoms with E-state index in [0.29, 0.717) is 12.5 Å². The molecule has 20 heavy (non-hydrogen) atoms. The molecule has 0 aromatic heterocycles. The first-order valence-electron chi connectivity index (χ1n) is 7.50. The van der Waals surface area contributed by atoms with Crippen LogP contribution in [0, 0.1) is 0 Å². The number of hydrogen-bond acceptors (Lipinski definition) is 4. The molecule has 0 unspecified atom stereocenters. The van der Waals surface area contributed by atoms with Crippen LogP contribution in [0.15, 0.2) is 30.3 Å². The van der Waals surface area contributed by atoms with E-state index >= 15 is 0 Å². The van der Waals surface area contributed by atoms with Gasteiger partial charge in [-0.25, -0.2) is 0 Å². The van der Waals surface area contributed by atoms with Crippen LogP contribution in [0.3, 0.4) is 0 Å². The van der Waals surface area contributed by atoms with Crippen molar-refractivity contribution >= 4 is 0 Å². The molecule has 1 aliphatic heterocycles. The molecule has 0 radical (unpaired) electrons. The zero-order chi connectivity index (χ0) is 13.9. The van der Waals surface area contributed by atoms with E-state index in [4.69, 9.17) is 4.74 Å². The van der Waals surface area contributed by atoms with Crippen molar-refractivity contribution in [2.24, 2.45) is 0 Å². The van der Waals surface area contributed by atoms with Crippen molar-refractivity contribution in [3.05, 3.63) is 35.9 Å². The molecule has 1 aliphatic carbocycles. The van der Waals surface area contributed by atoms with Gasteiger partial charge in [0.25, 0.3) is 0 Å². The molecule has 3 N–H and O–H groups in total. The molecular formula is C16H23NO3. The highest BCUT2D eigenvalue weighted by Crippen LogP contribution is 2.35. The van der Waals surface area contributed by atoms with Crippen molar-refractivity contribution in [3.8, 4) is 0 Å². The fourth-order valence-corrected chi connectivity index (χ4v) is 3.42. The van der Waals surface area contributed by atoms with Crippen molar-refractivity contribution in [2.45, 2.75) is 49.5 Å². The fraction of sp³-hybridized carbons (Fsp3) is 0.625. The van der Waals surface area contributed by atoms with Crippen LogP contribution in [0.1, 0.15) is 30.7 Å². The maximum Gasteiger partial charge on any atom is 0.0957 e. The molecule has 3 rings (SSSR count). The Kier molecular flexibility index (Phi) is 4.36. The van der Waals surface area contributed by atoms with Crippen molar-refractivity contribution in [1.82, 2.24) is 5.32 Å². The van der Waals surface area contributed by atoms with Crippen LogP contribution in [-0.4, -0.2) is 47.7 Å². The molecule has 1 aromatic rings. The summed E-state index contributed by atoms with van der Waals surface area (Å²) < 4.78 is 5.37. The monoisotopic (exact) mass is 277 g/mol. The zero-order valence-electron chi connectivity index (χ0n) is 11.6. The number of ether oxygens (including phenoxy) is 1. The van der Waals surface area contributed by atoms with Crippen molar-refractivity contribution in [3.63, 3.8) is 0 Å². The lowest BCUT2D eigenvalue weighted by molar-refractivity contribution is 0.0205. The standard InChI is InChI=1S/C16H23NO3/c18-14-10-13(11-4-2-1-3-5-11)15(16(14)19)17-12-6-8-20-9-7-12/h1-5,12-19H,6-10H2/t13-,14-,15-,16-/m1/s1. The van der Waals surface area contributed by atoms with E-state index < -0.39 is 12.2 Å². The van der Waals surface area contributed by atoms with Gasteiger partial charge in [-0.3, -0.25) is 0 Å². The predicted octanol–water partition coefficient (Wildman–Crippen LogP) is 1.03. The summed E-state index contributed by atoms with van der Waals surface area (Å²) in [5.41, 5.74) is 1.19. The van der Waals surface area contributed by atoms with Crippen molar-refractivity contribution in [1.29, 1.82) is 0 Å². The topological polar surface area (TPSA) is 61.7 Å². The predicted molar refractivity (Wildman–Crippen MR) is 76.6 cm³/mol. The minimum Gasteiger partial charge on any atom is -0.390 e. The van der Waals surface area contributed by atoms with Gasteiger partial charge in [0.1, 0.15) is 0 Å². The van der Waals surface area contributed by atoms with E-state index in [0.717, 1.165) is 26.1 Å². The van der Waals surface area contributed by atoms with E-state index in [1.165, 1.54) is 5.56 Å². The molecule has 1 saturated carbocycles. The van der Waals surface area contributed by atoms with E-state index in [1.54, 1.807) is 0 Å². The SMILES string of the molecule is O[C@H]1[C@H](NC2CCOCC2)[C@@H](c2ccccc2)C[C@H]1O. The molecule has 0 bridgehead atoms. The highest BCUT2D eigenvalue weighted by atomic mass is 16.5. The first-order chi connectivity index (χ1) is 9.75. The van der Waals surface area contributed by atoms with Gasteiger partial charge < -0.3 is 20.3 Å². The van der Waals surface area contributed by atoms with Gasteiger partial charge in [0.15, 0.2) is 0 Å². The number of aliphatic hydroxyl groups is 2. The number of benzene rings is 1. The lowest BCUT2D eigenvalue weighted by Crippen LogP contribution is -2.48. The third-order valence-corrected chi connectivity index (χ3v) is 4.57. The third-order valence-electron chi connectivity index (χ3n) is 4.57. The Morgan fingerprint density at radius 1 is 1.05 bits per heavy atom. The first-order valence-corrected chi connectivity index (χ1v) is 7.50. The normalized spacial score (nSPS) is 35.3. The summed E-state index contributed by atoms with van der Waals surface area (Å²) in [6, 6.07) is 10.5. The molecule has 4 heteroatoms. The summed E-state index contributed by atoms with van der Waals surface area (Å²) in [4.78, 5) is 0. The number of nitrogens with one attached hydrogen (secondary N) is 1. The van der Waals surface area contributed by atoms with Crippen LogP contribution in [0.4, 0.5) is 0 Å². The fourth-order valence-electron chi connectivity index (χ4n) is 3.42. The van der Waals surface area contributed by atoms with Gasteiger partial charge in [0.05, 0.1) is 12.2 Å². The molecule has 110 valence electrons. The Bertz CT molecular complexity index is 419. The van der Waals surface area contributed by atoms with Crippen molar-refractivity contribution in [2.75, 3.05) is 13.2 Å². The summed E-state index contributed by atoms with van der Waals surface area (Å²) in [5.74, 6) is 0.170. The largest absolute Gasteiger partial charge is 0.390 e. The molecule has 1 aromatic carbocycles. The second-order valence-electron chi connectivity index (χ2n) is 5.89. The average molecular weight is 277 g/mol. The van der Waals surface area contributed by atoms with Gasteiger partial charge in [-0.2, -0.15) is 0 Å². The Hall–Kier alpha value is -0.940. The summed E-state index contributed by atoms with van der Waals surface area (Å²) in [5, 5.41) is 23.8. The van der Waals surface area contributed by atoms with Crippen LogP contribution in [0.5, 0.6) is 0 Å². The highest BCUT2D eigenvalue weighted by molar-refractivity contribution is 5.25. The molecule has 1 saturated heterocycles. The summed E-state index contributed by atoms with van der Waals surface area (Å²) in [7, 11) is 0. The summed E-state index contributed by atoms with van der Waals surface area (Å²) in [6.45, 7) is 1.55. The Labute approximate surface area is 119 Å². The minimum absolute atomic E-state index is 0.0736. The molecule has 2 aliphatic rings. The van der Waals surface area contributed by atoms with Gasteiger partial charge in [-0.15, -0.1) is 0 Å². The second-order valence-corrected chi connectivity index (χ2v) is 5.89. The Morgan fingerprint density at radius 3 is 2.45 bits per heavy atom. The smallest absolute Gasteiger partial charge is 0.0957 e. The van der Waals surface area contributed by atoms with E-state index in [2.05, 4.69) is 17.4 Å². The van der Waals surface area contributed by atoms with Crippen LogP contribution >= 0.6 is 0 Å². The van der Waals surface area contributed by atoms with Crippen LogP contribution in [-0.2, 0) is 4.74 Å². The zero-order valence-corrected chi connectivity index (χ0v) is 11.6. The molecule has 1 heterocycles. The number of aliphatic hydroxyl groups excluding tert-OH is 2. The molecule has 0 amide bonds. The van der Waals surface area contributed by atoms with Gasteiger partial charge in [0.2, 0.25) is 0 Å². The molecule has 0 spiro atoms. The molecular weight excluding hydrogens is 254 g/mol. The van der Waals surface area contributed by atoms with E-state index in [1.807, 2.05) is 18.2 Å². The van der Waals surface area contributed by atoms with Crippen LogP contribution in [0.25, 0.3) is 0 Å². The minimum atomic E-state index is -0.692. The first kappa shape index (κ1) is 14.0. The van der Waals surface area contributed by atoms with Gasteiger partial charge >= 0.3 is 0 Å². The maximum atomic E-state index is 10.3. The summed E-state index contributed by atoms with van der Waals surface area (Å²) >= 11 is 0. The van der Waals surface area contributed by atoms with E-state index in [9.17, 15) is 10.2 Å². The Balaban J connectivity index is 1.74. The number of rotatable bonds is 3. The molecule has 4 atom stereocenters. The molecule has 2 fully saturated rings. The lowest BCUT2D eigenvalue weighted by atomic mass is 9.92. The van der Waals surface area contributed by atoms with Gasteiger partial charge in [0, 0.05) is 31.2 Å². The highest BCUT2D eigenvalue weighted by Gasteiger charge is 2.42. The maximum absolute atomic E-state index is 10.3. The van der Waals surface area contributed by atoms with Crippen LogP contribution < -0.4 is 5.32 Å². The van der Waals surface area contributed by atoms with Crippen molar-refractivity contribution < 1.29 is 14.9 Å². The van der Waals surface area contributed by atoms with Crippen LogP contribution in [0.2, 0.25) is 0 Å². The lowest BCUT2D eigenvalue weighted by Gasteiger charge is -2.31. The quantitative estimate of drug-likeness (QED) is 0.772. The number of hydrogen-bond donors (Lipinski definition) is 3. The van der Waals surface area contributed by atoms with Gasteiger partial charge in [-0.1, -0.05) is 30.3 Å². The average Bonchev–Trinajstić information content (AvgIpc) is 2.78. The second kappa shape index (κ2) is 6.22. The third kappa shape index (κ3) is 2.88. The summed E-state index contributed by atoms with van der Waals surface area (Å²) in [6.07, 6.45) is 1.23. The van der Waals surface area contributed by atoms with E-state index in [-0.39, 0.29) is 12.0 Å².